The number of hydrogen-bond acceptors (Lipinski definition) is 2. The molecule has 0 aliphatic heterocycles. The highest BCUT2D eigenvalue weighted by atomic mass is 16.5. The van der Waals surface area contributed by atoms with E-state index in [4.69, 9.17) is 9.84 Å². The molecule has 0 radical (unpaired) electrons. The zero-order chi connectivity index (χ0) is 10.6. The molecular weight excluding hydrogens is 176 g/mol. The van der Waals surface area contributed by atoms with Gasteiger partial charge in [-0.3, -0.25) is 0 Å². The molecule has 0 saturated heterocycles. The Morgan fingerprint density at radius 3 is 2.29 bits per heavy atom. The van der Waals surface area contributed by atoms with E-state index in [-0.39, 0.29) is 6.10 Å². The van der Waals surface area contributed by atoms with Crippen molar-refractivity contribution in [1.29, 1.82) is 0 Å². The summed E-state index contributed by atoms with van der Waals surface area (Å²) in [7, 11) is 0. The van der Waals surface area contributed by atoms with Crippen LogP contribution in [0.25, 0.3) is 0 Å². The molecule has 1 N–H and O–H groups in total. The van der Waals surface area contributed by atoms with E-state index in [0.717, 1.165) is 5.56 Å². The van der Waals surface area contributed by atoms with E-state index in [0.29, 0.717) is 6.61 Å². The monoisotopic (exact) mass is 194 g/mol. The van der Waals surface area contributed by atoms with Crippen molar-refractivity contribution in [3.63, 3.8) is 0 Å². The van der Waals surface area contributed by atoms with Crippen molar-refractivity contribution >= 4 is 0 Å². The molecule has 1 rings (SSSR count). The molecule has 0 fully saturated rings. The summed E-state index contributed by atoms with van der Waals surface area (Å²) in [6.45, 7) is 6.16. The van der Waals surface area contributed by atoms with Gasteiger partial charge in [0.1, 0.15) is 0 Å². The highest BCUT2D eigenvalue weighted by Gasteiger charge is 2.06. The van der Waals surface area contributed by atoms with Gasteiger partial charge in [0.05, 0.1) is 18.8 Å². The molecule has 0 heterocycles. The zero-order valence-electron chi connectivity index (χ0n) is 9.03. The van der Waals surface area contributed by atoms with E-state index in [1.54, 1.807) is 6.92 Å². The first-order chi connectivity index (χ1) is 6.59. The highest BCUT2D eigenvalue weighted by Crippen LogP contribution is 2.17. The minimum atomic E-state index is -0.400. The quantitative estimate of drug-likeness (QED) is 0.797. The summed E-state index contributed by atoms with van der Waals surface area (Å²) < 4.78 is 5.48. The van der Waals surface area contributed by atoms with Gasteiger partial charge >= 0.3 is 0 Å². The lowest BCUT2D eigenvalue weighted by atomic mass is 10.1. The normalized spacial score (nSPS) is 15.1. The fourth-order valence-electron chi connectivity index (χ4n) is 1.22. The molecule has 0 bridgehead atoms. The summed E-state index contributed by atoms with van der Waals surface area (Å²) >= 11 is 0. The summed E-state index contributed by atoms with van der Waals surface area (Å²) in [5.41, 5.74) is 2.40. The molecule has 0 amide bonds. The van der Waals surface area contributed by atoms with E-state index < -0.39 is 6.10 Å². The summed E-state index contributed by atoms with van der Waals surface area (Å²) in [5, 5.41) is 9.07. The molecule has 2 heteroatoms. The SMILES string of the molecule is Cc1ccc([C@@H](C)OC[C@@H](C)O)cc1. The van der Waals surface area contributed by atoms with Crippen LogP contribution in [-0.4, -0.2) is 17.8 Å². The number of aliphatic hydroxyl groups excluding tert-OH is 1. The van der Waals surface area contributed by atoms with Gasteiger partial charge in [0, 0.05) is 0 Å². The average Bonchev–Trinajstić information content (AvgIpc) is 2.15. The first-order valence-electron chi connectivity index (χ1n) is 4.96. The van der Waals surface area contributed by atoms with Crippen LogP contribution in [0.4, 0.5) is 0 Å². The Hall–Kier alpha value is -0.860. The van der Waals surface area contributed by atoms with E-state index in [9.17, 15) is 0 Å². The van der Waals surface area contributed by atoms with Crippen LogP contribution in [0.5, 0.6) is 0 Å². The van der Waals surface area contributed by atoms with Crippen LogP contribution in [0, 0.1) is 6.92 Å². The molecule has 0 unspecified atom stereocenters. The Morgan fingerprint density at radius 1 is 1.21 bits per heavy atom. The van der Waals surface area contributed by atoms with E-state index in [1.165, 1.54) is 5.56 Å². The van der Waals surface area contributed by atoms with Crippen molar-refractivity contribution in [1.82, 2.24) is 0 Å². The molecule has 1 aromatic carbocycles. The molecule has 2 atom stereocenters. The van der Waals surface area contributed by atoms with Crippen LogP contribution in [0.3, 0.4) is 0 Å². The van der Waals surface area contributed by atoms with Crippen LogP contribution >= 0.6 is 0 Å². The fourth-order valence-corrected chi connectivity index (χ4v) is 1.22. The fraction of sp³-hybridized carbons (Fsp3) is 0.500. The Labute approximate surface area is 85.5 Å². The van der Waals surface area contributed by atoms with E-state index in [2.05, 4.69) is 31.2 Å². The van der Waals surface area contributed by atoms with Gasteiger partial charge in [-0.1, -0.05) is 29.8 Å². The topological polar surface area (TPSA) is 29.5 Å². The number of aryl methyl sites for hydroxylation is 1. The largest absolute Gasteiger partial charge is 0.391 e. The van der Waals surface area contributed by atoms with Gasteiger partial charge in [-0.15, -0.1) is 0 Å². The third-order valence-corrected chi connectivity index (χ3v) is 2.13. The molecule has 1 aromatic rings. The third-order valence-electron chi connectivity index (χ3n) is 2.13. The standard InChI is InChI=1S/C12H18O2/c1-9-4-6-12(7-5-9)11(3)14-8-10(2)13/h4-7,10-11,13H,8H2,1-3H3/t10-,11-/m1/s1. The van der Waals surface area contributed by atoms with Gasteiger partial charge in [0.2, 0.25) is 0 Å². The molecule has 0 spiro atoms. The molecular formula is C12H18O2. The Kier molecular flexibility index (Phi) is 4.11. The van der Waals surface area contributed by atoms with Gasteiger partial charge in [-0.2, -0.15) is 0 Å². The molecule has 0 aromatic heterocycles. The Bertz CT molecular complexity index is 264. The zero-order valence-corrected chi connectivity index (χ0v) is 9.03. The van der Waals surface area contributed by atoms with Crippen molar-refractivity contribution in [2.75, 3.05) is 6.61 Å². The van der Waals surface area contributed by atoms with Crippen LogP contribution in [0.1, 0.15) is 31.1 Å². The van der Waals surface area contributed by atoms with Crippen molar-refractivity contribution < 1.29 is 9.84 Å². The third kappa shape index (κ3) is 3.48. The summed E-state index contributed by atoms with van der Waals surface area (Å²) in [5.74, 6) is 0. The molecule has 0 aliphatic rings. The maximum atomic E-state index is 9.07. The predicted octanol–water partition coefficient (Wildman–Crippen LogP) is 2.45. The molecule has 14 heavy (non-hydrogen) atoms. The van der Waals surface area contributed by atoms with Crippen molar-refractivity contribution in [2.45, 2.75) is 33.0 Å². The second kappa shape index (κ2) is 5.13. The maximum absolute atomic E-state index is 9.07. The average molecular weight is 194 g/mol. The maximum Gasteiger partial charge on any atom is 0.0798 e. The summed E-state index contributed by atoms with van der Waals surface area (Å²) in [6, 6.07) is 8.25. The lowest BCUT2D eigenvalue weighted by molar-refractivity contribution is 0.00449. The van der Waals surface area contributed by atoms with Crippen molar-refractivity contribution in [2.24, 2.45) is 0 Å². The van der Waals surface area contributed by atoms with Crippen molar-refractivity contribution in [3.05, 3.63) is 35.4 Å². The van der Waals surface area contributed by atoms with Gasteiger partial charge in [0.15, 0.2) is 0 Å². The van der Waals surface area contributed by atoms with E-state index in [1.807, 2.05) is 6.92 Å². The first-order valence-corrected chi connectivity index (χ1v) is 4.96. The first kappa shape index (κ1) is 11.2. The number of ether oxygens (including phenoxy) is 1. The minimum absolute atomic E-state index is 0.0465. The Morgan fingerprint density at radius 2 is 1.79 bits per heavy atom. The highest BCUT2D eigenvalue weighted by molar-refractivity contribution is 5.22. The van der Waals surface area contributed by atoms with E-state index >= 15 is 0 Å². The summed E-state index contributed by atoms with van der Waals surface area (Å²) in [4.78, 5) is 0. The lowest BCUT2D eigenvalue weighted by Crippen LogP contribution is -2.12. The number of rotatable bonds is 4. The number of benzene rings is 1. The van der Waals surface area contributed by atoms with Crippen LogP contribution in [0.15, 0.2) is 24.3 Å². The smallest absolute Gasteiger partial charge is 0.0798 e. The van der Waals surface area contributed by atoms with Gasteiger partial charge in [0.25, 0.3) is 0 Å². The van der Waals surface area contributed by atoms with Crippen molar-refractivity contribution in [3.8, 4) is 0 Å². The van der Waals surface area contributed by atoms with Gasteiger partial charge in [-0.25, -0.2) is 0 Å². The Balaban J connectivity index is 2.52. The number of aliphatic hydroxyl groups is 1. The predicted molar refractivity (Wildman–Crippen MR) is 57.2 cm³/mol. The molecule has 78 valence electrons. The van der Waals surface area contributed by atoms with Gasteiger partial charge < -0.3 is 9.84 Å². The lowest BCUT2D eigenvalue weighted by Gasteiger charge is -2.14. The second-order valence-electron chi connectivity index (χ2n) is 3.74. The molecule has 0 saturated carbocycles. The van der Waals surface area contributed by atoms with Crippen LogP contribution in [0.2, 0.25) is 0 Å². The minimum Gasteiger partial charge on any atom is -0.391 e. The summed E-state index contributed by atoms with van der Waals surface area (Å²) in [6.07, 6.45) is -0.354. The van der Waals surface area contributed by atoms with Crippen LogP contribution < -0.4 is 0 Å². The molecule has 2 nitrogen and oxygen atoms in total. The number of hydrogen-bond donors (Lipinski definition) is 1. The van der Waals surface area contributed by atoms with Gasteiger partial charge in [-0.05, 0) is 26.3 Å². The molecule has 0 aliphatic carbocycles. The van der Waals surface area contributed by atoms with Crippen LogP contribution in [-0.2, 0) is 4.74 Å². The second-order valence-corrected chi connectivity index (χ2v) is 3.74.